The summed E-state index contributed by atoms with van der Waals surface area (Å²) in [6, 6.07) is 15.4. The van der Waals surface area contributed by atoms with Crippen molar-refractivity contribution in [2.75, 3.05) is 20.8 Å². The molecule has 0 fully saturated rings. The van der Waals surface area contributed by atoms with Crippen LogP contribution in [0, 0.1) is 0 Å². The second-order valence-corrected chi connectivity index (χ2v) is 5.58. The van der Waals surface area contributed by atoms with Gasteiger partial charge in [-0.2, -0.15) is 0 Å². The predicted molar refractivity (Wildman–Crippen MR) is 93.5 cm³/mol. The van der Waals surface area contributed by atoms with Crippen LogP contribution in [0.3, 0.4) is 0 Å². The Morgan fingerprint density at radius 1 is 0.800 bits per heavy atom. The summed E-state index contributed by atoms with van der Waals surface area (Å²) in [6.45, 7) is 0.503. The largest absolute Gasteiger partial charge is 0.493 e. The zero-order valence-electron chi connectivity index (χ0n) is 14.5. The maximum absolute atomic E-state index is 11.5. The van der Waals surface area contributed by atoms with Gasteiger partial charge < -0.3 is 14.2 Å². The highest BCUT2D eigenvalue weighted by Crippen LogP contribution is 2.19. The zero-order valence-corrected chi connectivity index (χ0v) is 14.5. The first-order valence-electron chi connectivity index (χ1n) is 8.04. The average molecular weight is 342 g/mol. The van der Waals surface area contributed by atoms with Crippen LogP contribution in [0.25, 0.3) is 0 Å². The SMILES string of the molecule is COC(=O)Cc1cc(CC(=O)OC)cc(OCCc2ccccc2)c1. The molecule has 132 valence electrons. The lowest BCUT2D eigenvalue weighted by Gasteiger charge is -2.11. The maximum Gasteiger partial charge on any atom is 0.309 e. The molecular weight excluding hydrogens is 320 g/mol. The number of esters is 2. The molecule has 0 saturated carbocycles. The van der Waals surface area contributed by atoms with Crippen LogP contribution in [0.2, 0.25) is 0 Å². The van der Waals surface area contributed by atoms with Crippen molar-refractivity contribution < 1.29 is 23.8 Å². The fourth-order valence-corrected chi connectivity index (χ4v) is 2.43. The molecule has 5 heteroatoms. The van der Waals surface area contributed by atoms with Crippen molar-refractivity contribution in [3.05, 3.63) is 65.2 Å². The highest BCUT2D eigenvalue weighted by molar-refractivity contribution is 5.74. The van der Waals surface area contributed by atoms with E-state index in [1.165, 1.54) is 19.8 Å². The van der Waals surface area contributed by atoms with Crippen molar-refractivity contribution in [3.8, 4) is 5.75 Å². The van der Waals surface area contributed by atoms with E-state index in [4.69, 9.17) is 14.2 Å². The molecular formula is C20H22O5. The first-order chi connectivity index (χ1) is 12.1. The normalized spacial score (nSPS) is 10.2. The Kier molecular flexibility index (Phi) is 7.01. The lowest BCUT2D eigenvalue weighted by molar-refractivity contribution is -0.140. The number of hydrogen-bond donors (Lipinski definition) is 0. The summed E-state index contributed by atoms with van der Waals surface area (Å²) < 4.78 is 15.2. The monoisotopic (exact) mass is 342 g/mol. The minimum absolute atomic E-state index is 0.126. The predicted octanol–water partition coefficient (Wildman–Crippen LogP) is 2.74. The highest BCUT2D eigenvalue weighted by Gasteiger charge is 2.10. The van der Waals surface area contributed by atoms with E-state index in [0.29, 0.717) is 12.4 Å². The quantitative estimate of drug-likeness (QED) is 0.690. The molecule has 0 amide bonds. The molecule has 0 aliphatic rings. The van der Waals surface area contributed by atoms with Crippen LogP contribution in [-0.2, 0) is 38.3 Å². The van der Waals surface area contributed by atoms with Gasteiger partial charge in [0.25, 0.3) is 0 Å². The van der Waals surface area contributed by atoms with Gasteiger partial charge in [0, 0.05) is 6.42 Å². The van der Waals surface area contributed by atoms with Crippen molar-refractivity contribution in [2.24, 2.45) is 0 Å². The fourth-order valence-electron chi connectivity index (χ4n) is 2.43. The summed E-state index contributed by atoms with van der Waals surface area (Å²) >= 11 is 0. The van der Waals surface area contributed by atoms with Crippen molar-refractivity contribution in [1.29, 1.82) is 0 Å². The van der Waals surface area contributed by atoms with Gasteiger partial charge in [-0.15, -0.1) is 0 Å². The average Bonchev–Trinajstić information content (AvgIpc) is 2.62. The van der Waals surface area contributed by atoms with Crippen molar-refractivity contribution in [1.82, 2.24) is 0 Å². The number of methoxy groups -OCH3 is 2. The molecule has 5 nitrogen and oxygen atoms in total. The first-order valence-corrected chi connectivity index (χ1v) is 8.04. The second-order valence-electron chi connectivity index (χ2n) is 5.58. The third kappa shape index (κ3) is 6.30. The number of rotatable bonds is 8. The molecule has 2 aromatic rings. The maximum atomic E-state index is 11.5. The Morgan fingerprint density at radius 3 is 1.88 bits per heavy atom. The standard InChI is InChI=1S/C20H22O5/c1-23-19(21)13-16-10-17(14-20(22)24-2)12-18(11-16)25-9-8-15-6-4-3-5-7-15/h3-7,10-12H,8-9,13-14H2,1-2H3. The van der Waals surface area contributed by atoms with E-state index in [2.05, 4.69) is 0 Å². The molecule has 0 heterocycles. The molecule has 0 atom stereocenters. The van der Waals surface area contributed by atoms with Gasteiger partial charge >= 0.3 is 11.9 Å². The molecule has 0 radical (unpaired) electrons. The van der Waals surface area contributed by atoms with Gasteiger partial charge in [-0.25, -0.2) is 0 Å². The van der Waals surface area contributed by atoms with Gasteiger partial charge in [-0.3, -0.25) is 9.59 Å². The Hall–Kier alpha value is -2.82. The number of ether oxygens (including phenoxy) is 3. The molecule has 0 aliphatic carbocycles. The van der Waals surface area contributed by atoms with Crippen molar-refractivity contribution >= 4 is 11.9 Å². The minimum atomic E-state index is -0.342. The zero-order chi connectivity index (χ0) is 18.1. The number of carbonyl (C=O) groups excluding carboxylic acids is 2. The van der Waals surface area contributed by atoms with E-state index < -0.39 is 0 Å². The summed E-state index contributed by atoms with van der Waals surface area (Å²) in [5.41, 5.74) is 2.66. The summed E-state index contributed by atoms with van der Waals surface area (Å²) in [5.74, 6) is -0.0628. The Labute approximate surface area is 147 Å². The van der Waals surface area contributed by atoms with E-state index in [0.717, 1.165) is 17.5 Å². The molecule has 0 spiro atoms. The molecule has 0 unspecified atom stereocenters. The minimum Gasteiger partial charge on any atom is -0.493 e. The van der Waals surface area contributed by atoms with Crippen LogP contribution < -0.4 is 4.74 Å². The van der Waals surface area contributed by atoms with Gasteiger partial charge in [-0.05, 0) is 28.8 Å². The Bertz CT molecular complexity index is 673. The van der Waals surface area contributed by atoms with Gasteiger partial charge in [0.1, 0.15) is 5.75 Å². The lowest BCUT2D eigenvalue weighted by Crippen LogP contribution is -2.09. The van der Waals surface area contributed by atoms with E-state index in [9.17, 15) is 9.59 Å². The van der Waals surface area contributed by atoms with E-state index >= 15 is 0 Å². The Morgan fingerprint density at radius 2 is 1.36 bits per heavy atom. The van der Waals surface area contributed by atoms with Gasteiger partial charge in [0.05, 0.1) is 33.7 Å². The smallest absolute Gasteiger partial charge is 0.309 e. The van der Waals surface area contributed by atoms with Crippen LogP contribution in [0.4, 0.5) is 0 Å². The summed E-state index contributed by atoms with van der Waals surface area (Å²) in [7, 11) is 2.69. The molecule has 0 bridgehead atoms. The molecule has 0 saturated heterocycles. The van der Waals surface area contributed by atoms with E-state index in [1.54, 1.807) is 18.2 Å². The number of carbonyl (C=O) groups is 2. The summed E-state index contributed by atoms with van der Waals surface area (Å²) in [4.78, 5) is 23.1. The molecule has 0 N–H and O–H groups in total. The van der Waals surface area contributed by atoms with Crippen molar-refractivity contribution in [3.63, 3.8) is 0 Å². The van der Waals surface area contributed by atoms with E-state index in [-0.39, 0.29) is 24.8 Å². The molecule has 25 heavy (non-hydrogen) atoms. The van der Waals surface area contributed by atoms with Crippen LogP contribution in [0.5, 0.6) is 5.75 Å². The molecule has 0 aliphatic heterocycles. The molecule has 2 aromatic carbocycles. The third-order valence-corrected chi connectivity index (χ3v) is 3.68. The topological polar surface area (TPSA) is 61.8 Å². The number of hydrogen-bond acceptors (Lipinski definition) is 5. The first kappa shape index (κ1) is 18.5. The lowest BCUT2D eigenvalue weighted by atomic mass is 10.1. The third-order valence-electron chi connectivity index (χ3n) is 3.68. The van der Waals surface area contributed by atoms with Crippen LogP contribution in [-0.4, -0.2) is 32.8 Å². The number of benzene rings is 2. The summed E-state index contributed by atoms with van der Waals surface area (Å²) in [5, 5.41) is 0. The van der Waals surface area contributed by atoms with Gasteiger partial charge in [0.2, 0.25) is 0 Å². The van der Waals surface area contributed by atoms with Crippen LogP contribution in [0.15, 0.2) is 48.5 Å². The van der Waals surface area contributed by atoms with Gasteiger partial charge in [0.15, 0.2) is 0 Å². The van der Waals surface area contributed by atoms with Crippen LogP contribution in [0.1, 0.15) is 16.7 Å². The second kappa shape index (κ2) is 9.47. The highest BCUT2D eigenvalue weighted by atomic mass is 16.5. The van der Waals surface area contributed by atoms with Gasteiger partial charge in [-0.1, -0.05) is 36.4 Å². The Balaban J connectivity index is 2.08. The van der Waals surface area contributed by atoms with Crippen molar-refractivity contribution in [2.45, 2.75) is 19.3 Å². The van der Waals surface area contributed by atoms with E-state index in [1.807, 2.05) is 30.3 Å². The molecule has 2 rings (SSSR count). The molecule has 0 aromatic heterocycles. The van der Waals surface area contributed by atoms with Crippen LogP contribution >= 0.6 is 0 Å². The fraction of sp³-hybridized carbons (Fsp3) is 0.300. The summed E-state index contributed by atoms with van der Waals surface area (Å²) in [6.07, 6.45) is 1.02.